The van der Waals surface area contributed by atoms with Crippen molar-refractivity contribution < 1.29 is 23.8 Å². The Balaban J connectivity index is 1.76. The molecule has 0 unspecified atom stereocenters. The van der Waals surface area contributed by atoms with E-state index in [2.05, 4.69) is 5.32 Å². The molecule has 0 radical (unpaired) electrons. The largest absolute Gasteiger partial charge is 0.493 e. The first-order valence-electron chi connectivity index (χ1n) is 12.0. The van der Waals surface area contributed by atoms with Crippen molar-refractivity contribution in [3.05, 3.63) is 83.9 Å². The molecule has 0 spiro atoms. The fourth-order valence-electron chi connectivity index (χ4n) is 3.76. The molecule has 0 aromatic heterocycles. The molecule has 3 aromatic carbocycles. The molecule has 2 amide bonds. The molecule has 8 heteroatoms. The molecule has 8 nitrogen and oxygen atoms in total. The normalized spacial score (nSPS) is 10.9. The van der Waals surface area contributed by atoms with Crippen LogP contribution in [0.1, 0.15) is 29.8 Å². The van der Waals surface area contributed by atoms with Gasteiger partial charge in [0.2, 0.25) is 0 Å². The van der Waals surface area contributed by atoms with Crippen LogP contribution < -0.4 is 25.3 Å². The summed E-state index contributed by atoms with van der Waals surface area (Å²) >= 11 is 0. The first kappa shape index (κ1) is 27.5. The minimum atomic E-state index is -0.299. The van der Waals surface area contributed by atoms with Gasteiger partial charge in [0.1, 0.15) is 5.75 Å². The van der Waals surface area contributed by atoms with Gasteiger partial charge in [0.05, 0.1) is 14.2 Å². The smallest absolute Gasteiger partial charge is 0.262 e. The molecule has 3 N–H and O–H groups in total. The molecule has 3 rings (SSSR count). The number of nitrogens with zero attached hydrogens (tertiary/aromatic N) is 1. The Labute approximate surface area is 218 Å². The van der Waals surface area contributed by atoms with Gasteiger partial charge in [0.15, 0.2) is 18.1 Å². The monoisotopic (exact) mass is 505 g/mol. The lowest BCUT2D eigenvalue weighted by atomic mass is 9.92. The van der Waals surface area contributed by atoms with E-state index in [0.717, 1.165) is 5.56 Å². The van der Waals surface area contributed by atoms with E-state index < -0.39 is 0 Å². The van der Waals surface area contributed by atoms with Gasteiger partial charge in [-0.15, -0.1) is 0 Å². The van der Waals surface area contributed by atoms with Crippen LogP contribution in [-0.2, 0) is 11.3 Å². The molecule has 0 aliphatic rings. The van der Waals surface area contributed by atoms with Crippen molar-refractivity contribution in [3.8, 4) is 17.2 Å². The standard InChI is InChI=1S/C29H35N3O5/c1-29(2,19-30)20-32(28(34)22-13-14-25(35-3)26(16-22)36-4)17-21-9-8-10-23(15-21)31-27(33)18-37-24-11-6-5-7-12-24/h5-16H,17-20,30H2,1-4H3,(H,31,33). The van der Waals surface area contributed by atoms with E-state index in [1.807, 2.05) is 50.2 Å². The van der Waals surface area contributed by atoms with E-state index in [-0.39, 0.29) is 23.8 Å². The highest BCUT2D eigenvalue weighted by atomic mass is 16.5. The molecule has 0 bridgehead atoms. The van der Waals surface area contributed by atoms with Crippen LogP contribution in [0.15, 0.2) is 72.8 Å². The van der Waals surface area contributed by atoms with E-state index >= 15 is 0 Å². The van der Waals surface area contributed by atoms with Crippen LogP contribution in [0.2, 0.25) is 0 Å². The van der Waals surface area contributed by atoms with Crippen molar-refractivity contribution in [3.63, 3.8) is 0 Å². The van der Waals surface area contributed by atoms with Crippen molar-refractivity contribution >= 4 is 17.5 Å². The number of hydrogen-bond acceptors (Lipinski definition) is 6. The fourth-order valence-corrected chi connectivity index (χ4v) is 3.76. The number of nitrogens with two attached hydrogens (primary N) is 1. The summed E-state index contributed by atoms with van der Waals surface area (Å²) in [6.07, 6.45) is 0. The minimum absolute atomic E-state index is 0.108. The number of amides is 2. The molecule has 0 aliphatic carbocycles. The SMILES string of the molecule is COc1ccc(C(=O)N(Cc2cccc(NC(=O)COc3ccccc3)c2)CC(C)(C)CN)cc1OC. The zero-order chi connectivity index (χ0) is 26.8. The maximum atomic E-state index is 13.6. The number of rotatable bonds is 12. The third kappa shape index (κ3) is 7.98. The zero-order valence-corrected chi connectivity index (χ0v) is 21.8. The molecule has 0 atom stereocenters. The maximum absolute atomic E-state index is 13.6. The van der Waals surface area contributed by atoms with E-state index in [9.17, 15) is 9.59 Å². The van der Waals surface area contributed by atoms with Crippen LogP contribution in [0.5, 0.6) is 17.2 Å². The molecular weight excluding hydrogens is 470 g/mol. The molecule has 37 heavy (non-hydrogen) atoms. The van der Waals surface area contributed by atoms with Crippen molar-refractivity contribution in [1.82, 2.24) is 4.90 Å². The Morgan fingerprint density at radius 3 is 2.32 bits per heavy atom. The van der Waals surface area contributed by atoms with Gasteiger partial charge in [-0.2, -0.15) is 0 Å². The fraction of sp³-hybridized carbons (Fsp3) is 0.310. The van der Waals surface area contributed by atoms with Crippen molar-refractivity contribution in [2.75, 3.05) is 39.2 Å². The Morgan fingerprint density at radius 2 is 1.65 bits per heavy atom. The highest BCUT2D eigenvalue weighted by molar-refractivity contribution is 5.95. The average molecular weight is 506 g/mol. The van der Waals surface area contributed by atoms with Gasteiger partial charge in [-0.1, -0.05) is 44.2 Å². The number of carbonyl (C=O) groups excluding carboxylic acids is 2. The number of benzene rings is 3. The number of carbonyl (C=O) groups is 2. The third-order valence-corrected chi connectivity index (χ3v) is 5.79. The van der Waals surface area contributed by atoms with E-state index in [0.29, 0.717) is 48.1 Å². The molecule has 0 fully saturated rings. The van der Waals surface area contributed by atoms with Gasteiger partial charge >= 0.3 is 0 Å². The predicted molar refractivity (Wildman–Crippen MR) is 144 cm³/mol. The highest BCUT2D eigenvalue weighted by Gasteiger charge is 2.26. The van der Waals surface area contributed by atoms with Crippen LogP contribution in [0.25, 0.3) is 0 Å². The van der Waals surface area contributed by atoms with Crippen LogP contribution in [0.3, 0.4) is 0 Å². The molecule has 3 aromatic rings. The molecule has 196 valence electrons. The van der Waals surface area contributed by atoms with E-state index in [4.69, 9.17) is 19.9 Å². The third-order valence-electron chi connectivity index (χ3n) is 5.79. The van der Waals surface area contributed by atoms with Gasteiger partial charge < -0.3 is 30.2 Å². The van der Waals surface area contributed by atoms with Gasteiger partial charge in [-0.25, -0.2) is 0 Å². The summed E-state index contributed by atoms with van der Waals surface area (Å²) in [6.45, 7) is 5.12. The summed E-state index contributed by atoms with van der Waals surface area (Å²) in [5, 5.41) is 2.86. The van der Waals surface area contributed by atoms with E-state index in [1.54, 1.807) is 48.4 Å². The summed E-state index contributed by atoms with van der Waals surface area (Å²) in [7, 11) is 3.08. The van der Waals surface area contributed by atoms with Gasteiger partial charge in [0, 0.05) is 24.3 Å². The second-order valence-corrected chi connectivity index (χ2v) is 9.45. The number of nitrogens with one attached hydrogen (secondary N) is 1. The topological polar surface area (TPSA) is 103 Å². The average Bonchev–Trinajstić information content (AvgIpc) is 2.91. The Hall–Kier alpha value is -4.04. The lowest BCUT2D eigenvalue weighted by Crippen LogP contribution is -2.41. The molecule has 0 aliphatic heterocycles. The van der Waals surface area contributed by atoms with Gasteiger partial charge in [-0.3, -0.25) is 9.59 Å². The van der Waals surface area contributed by atoms with Crippen molar-refractivity contribution in [2.45, 2.75) is 20.4 Å². The molecule has 0 saturated carbocycles. The van der Waals surface area contributed by atoms with Crippen LogP contribution >= 0.6 is 0 Å². The van der Waals surface area contributed by atoms with Crippen molar-refractivity contribution in [2.24, 2.45) is 11.1 Å². The summed E-state index contributed by atoms with van der Waals surface area (Å²) in [4.78, 5) is 27.8. The van der Waals surface area contributed by atoms with Gasteiger partial charge in [0.25, 0.3) is 11.8 Å². The van der Waals surface area contributed by atoms with Crippen LogP contribution in [0.4, 0.5) is 5.69 Å². The number of ether oxygens (including phenoxy) is 3. The van der Waals surface area contributed by atoms with Gasteiger partial charge in [-0.05, 0) is 60.0 Å². The number of hydrogen-bond donors (Lipinski definition) is 2. The summed E-state index contributed by atoms with van der Waals surface area (Å²) in [5.41, 5.74) is 7.65. The summed E-state index contributed by atoms with van der Waals surface area (Å²) in [5.74, 6) is 1.22. The van der Waals surface area contributed by atoms with Crippen LogP contribution in [0, 0.1) is 5.41 Å². The second-order valence-electron chi connectivity index (χ2n) is 9.45. The quantitative estimate of drug-likeness (QED) is 0.379. The second kappa shape index (κ2) is 12.8. The lowest BCUT2D eigenvalue weighted by molar-refractivity contribution is -0.118. The van der Waals surface area contributed by atoms with Crippen LogP contribution in [-0.4, -0.2) is 50.6 Å². The molecule has 0 heterocycles. The zero-order valence-electron chi connectivity index (χ0n) is 21.8. The van der Waals surface area contributed by atoms with Crippen molar-refractivity contribution in [1.29, 1.82) is 0 Å². The number of anilines is 1. The first-order valence-corrected chi connectivity index (χ1v) is 12.0. The Morgan fingerprint density at radius 1 is 0.919 bits per heavy atom. The Kier molecular flexibility index (Phi) is 9.51. The summed E-state index contributed by atoms with van der Waals surface area (Å²) < 4.78 is 16.2. The lowest BCUT2D eigenvalue weighted by Gasteiger charge is -2.32. The Bertz CT molecular complexity index is 1200. The van der Waals surface area contributed by atoms with E-state index in [1.165, 1.54) is 7.11 Å². The number of methoxy groups -OCH3 is 2. The molecular formula is C29H35N3O5. The first-order chi connectivity index (χ1) is 17.7. The highest BCUT2D eigenvalue weighted by Crippen LogP contribution is 2.29. The summed E-state index contributed by atoms with van der Waals surface area (Å²) in [6, 6.07) is 21.7. The number of para-hydroxylation sites is 1. The minimum Gasteiger partial charge on any atom is -0.493 e. The predicted octanol–water partition coefficient (Wildman–Crippen LogP) is 4.35. The maximum Gasteiger partial charge on any atom is 0.262 e. The molecule has 0 saturated heterocycles.